The van der Waals surface area contributed by atoms with Gasteiger partial charge in [0, 0.05) is 13.5 Å². The summed E-state index contributed by atoms with van der Waals surface area (Å²) in [6.07, 6.45) is -9.10. The smallest absolute Gasteiger partial charge is 0.411 e. The molecule has 0 radical (unpaired) electrons. The van der Waals surface area contributed by atoms with E-state index in [1.807, 2.05) is 37.3 Å². The summed E-state index contributed by atoms with van der Waals surface area (Å²) in [4.78, 5) is 37.3. The van der Waals surface area contributed by atoms with E-state index in [0.29, 0.717) is 18.5 Å². The minimum atomic E-state index is -1.88. The van der Waals surface area contributed by atoms with Crippen molar-refractivity contribution < 1.29 is 53.8 Å². The van der Waals surface area contributed by atoms with E-state index < -0.39 is 48.7 Å². The molecule has 0 saturated carbocycles. The largest absolute Gasteiger partial charge is 0.479 e. The maximum Gasteiger partial charge on any atom is 0.411 e. The predicted octanol–water partition coefficient (Wildman–Crippen LogP) is 1.48. The molecule has 1 unspecified atom stereocenters. The van der Waals surface area contributed by atoms with Crippen LogP contribution in [0.4, 0.5) is 10.5 Å². The third-order valence-corrected chi connectivity index (χ3v) is 6.29. The summed E-state index contributed by atoms with van der Waals surface area (Å²) in [6.45, 7) is 5.19. The van der Waals surface area contributed by atoms with Crippen molar-refractivity contribution in [2.24, 2.45) is 0 Å². The number of anilines is 1. The number of nitrogens with one attached hydrogen (secondary N) is 1. The van der Waals surface area contributed by atoms with E-state index in [1.165, 1.54) is 30.0 Å². The molecule has 1 aliphatic heterocycles. The highest BCUT2D eigenvalue weighted by Crippen LogP contribution is 2.31. The van der Waals surface area contributed by atoms with Gasteiger partial charge < -0.3 is 44.7 Å². The standard InChI is InChI=1S/C28H36N2O11/c1-4-30(15-39-16(2)12-18-8-6-5-7-9-18)28(37)38-14-19-10-11-21(20(13-19)29-17(3)31)40-27-24(34)22(32)23(33)25(41-27)26(35)36/h5-11,13,16,22-25,27,32-34H,4,12,14-15H2,1-3H3,(H,29,31)(H,35,36)/t16?,22-,23-,24+,25-,27+/m0/s1. The second-order valence-electron chi connectivity index (χ2n) is 9.57. The highest BCUT2D eigenvalue weighted by Gasteiger charge is 2.48. The van der Waals surface area contributed by atoms with E-state index in [4.69, 9.17) is 18.9 Å². The van der Waals surface area contributed by atoms with Crippen molar-refractivity contribution in [3.63, 3.8) is 0 Å². The van der Waals surface area contributed by atoms with Crippen LogP contribution in [0, 0.1) is 0 Å². The Morgan fingerprint density at radius 1 is 1.02 bits per heavy atom. The molecule has 3 rings (SSSR count). The number of carbonyl (C=O) groups is 3. The molecular weight excluding hydrogens is 540 g/mol. The molecule has 2 aromatic rings. The van der Waals surface area contributed by atoms with Gasteiger partial charge in [-0.05, 0) is 43.5 Å². The van der Waals surface area contributed by atoms with Crippen LogP contribution in [0.15, 0.2) is 48.5 Å². The van der Waals surface area contributed by atoms with Crippen molar-refractivity contribution in [2.75, 3.05) is 18.6 Å². The average Bonchev–Trinajstić information content (AvgIpc) is 2.93. The van der Waals surface area contributed by atoms with E-state index in [0.717, 1.165) is 5.56 Å². The summed E-state index contributed by atoms with van der Waals surface area (Å²) in [5.74, 6) is -2.05. The fourth-order valence-corrected chi connectivity index (χ4v) is 4.06. The number of nitrogens with zero attached hydrogens (tertiary/aromatic N) is 1. The Balaban J connectivity index is 1.62. The first kappa shape index (κ1) is 31.8. The number of carboxylic acids is 1. The zero-order chi connectivity index (χ0) is 30.1. The van der Waals surface area contributed by atoms with E-state index in [2.05, 4.69) is 5.32 Å². The molecule has 0 aliphatic carbocycles. The molecule has 0 bridgehead atoms. The lowest BCUT2D eigenvalue weighted by molar-refractivity contribution is -0.271. The van der Waals surface area contributed by atoms with Gasteiger partial charge in [0.1, 0.15) is 37.4 Å². The molecule has 224 valence electrons. The molecule has 1 saturated heterocycles. The van der Waals surface area contributed by atoms with Crippen LogP contribution in [0.3, 0.4) is 0 Å². The fraction of sp³-hybridized carbons (Fsp3) is 0.464. The first-order chi connectivity index (χ1) is 19.5. The first-order valence-electron chi connectivity index (χ1n) is 13.1. The molecule has 1 aliphatic rings. The normalized spacial score (nSPS) is 22.8. The maximum atomic E-state index is 12.7. The highest BCUT2D eigenvalue weighted by atomic mass is 16.7. The van der Waals surface area contributed by atoms with Crippen LogP contribution in [-0.4, -0.2) is 93.4 Å². The van der Waals surface area contributed by atoms with Gasteiger partial charge in [-0.15, -0.1) is 0 Å². The molecule has 13 nitrogen and oxygen atoms in total. The minimum absolute atomic E-state index is 0.0250. The number of carboxylic acid groups (broad SMARTS) is 1. The molecule has 1 fully saturated rings. The lowest BCUT2D eigenvalue weighted by atomic mass is 9.99. The molecule has 0 spiro atoms. The Bertz CT molecular complexity index is 1180. The van der Waals surface area contributed by atoms with E-state index in [1.54, 1.807) is 6.92 Å². The number of amides is 2. The molecule has 5 N–H and O–H groups in total. The third kappa shape index (κ3) is 8.87. The SMILES string of the molecule is CCN(COC(C)Cc1ccccc1)C(=O)OCc1ccc(O[C@@H]2O[C@H](C(=O)O)[C@@H](O)[C@H](O)[C@H]2O)c(NC(C)=O)c1. The Morgan fingerprint density at radius 2 is 1.73 bits per heavy atom. The van der Waals surface area contributed by atoms with Crippen molar-refractivity contribution in [3.05, 3.63) is 59.7 Å². The third-order valence-electron chi connectivity index (χ3n) is 6.29. The molecule has 1 heterocycles. The van der Waals surface area contributed by atoms with Gasteiger partial charge in [-0.3, -0.25) is 9.69 Å². The minimum Gasteiger partial charge on any atom is -0.479 e. The number of benzene rings is 2. The second kappa shape index (κ2) is 14.8. The van der Waals surface area contributed by atoms with E-state index >= 15 is 0 Å². The van der Waals surface area contributed by atoms with Crippen molar-refractivity contribution in [2.45, 2.75) is 70.6 Å². The zero-order valence-corrected chi connectivity index (χ0v) is 23.0. The highest BCUT2D eigenvalue weighted by molar-refractivity contribution is 5.90. The van der Waals surface area contributed by atoms with Crippen LogP contribution in [-0.2, 0) is 36.8 Å². The monoisotopic (exact) mass is 576 g/mol. The summed E-state index contributed by atoms with van der Waals surface area (Å²) < 4.78 is 22.0. The van der Waals surface area contributed by atoms with Gasteiger partial charge in [-0.1, -0.05) is 36.4 Å². The number of rotatable bonds is 12. The molecule has 41 heavy (non-hydrogen) atoms. The number of aliphatic hydroxyl groups is 3. The van der Waals surface area contributed by atoms with Crippen molar-refractivity contribution >= 4 is 23.7 Å². The number of hydrogen-bond donors (Lipinski definition) is 5. The van der Waals surface area contributed by atoms with Crippen LogP contribution in [0.5, 0.6) is 5.75 Å². The van der Waals surface area contributed by atoms with Gasteiger partial charge in [-0.2, -0.15) is 0 Å². The number of carbonyl (C=O) groups excluding carboxylic acids is 2. The van der Waals surface area contributed by atoms with Crippen molar-refractivity contribution in [1.29, 1.82) is 0 Å². The number of hydrogen-bond acceptors (Lipinski definition) is 10. The van der Waals surface area contributed by atoms with Crippen molar-refractivity contribution in [3.8, 4) is 5.75 Å². The Hall–Kier alpha value is -3.75. The Morgan fingerprint density at radius 3 is 2.37 bits per heavy atom. The number of aliphatic carboxylic acids is 1. The lowest BCUT2D eigenvalue weighted by Crippen LogP contribution is -2.61. The summed E-state index contributed by atoms with van der Waals surface area (Å²) >= 11 is 0. The van der Waals surface area contributed by atoms with Crippen LogP contribution in [0.2, 0.25) is 0 Å². The topological polar surface area (TPSA) is 184 Å². The summed E-state index contributed by atoms with van der Waals surface area (Å²) in [7, 11) is 0. The van der Waals surface area contributed by atoms with E-state index in [9.17, 15) is 34.8 Å². The van der Waals surface area contributed by atoms with E-state index in [-0.39, 0.29) is 30.9 Å². The quantitative estimate of drug-likeness (QED) is 0.231. The van der Waals surface area contributed by atoms with Gasteiger partial charge in [0.15, 0.2) is 6.10 Å². The molecule has 6 atom stereocenters. The zero-order valence-electron chi connectivity index (χ0n) is 23.0. The average molecular weight is 577 g/mol. The number of ether oxygens (including phenoxy) is 4. The van der Waals surface area contributed by atoms with Gasteiger partial charge in [0.25, 0.3) is 0 Å². The van der Waals surface area contributed by atoms with Gasteiger partial charge in [0.05, 0.1) is 11.8 Å². The Kier molecular flexibility index (Phi) is 11.4. The molecular formula is C28H36N2O11. The summed E-state index contributed by atoms with van der Waals surface area (Å²) in [5, 5.41) is 42.0. The fourth-order valence-electron chi connectivity index (χ4n) is 4.06. The predicted molar refractivity (Wildman–Crippen MR) is 144 cm³/mol. The summed E-state index contributed by atoms with van der Waals surface area (Å²) in [6, 6.07) is 14.2. The van der Waals surface area contributed by atoms with Gasteiger partial charge in [-0.25, -0.2) is 9.59 Å². The van der Waals surface area contributed by atoms with Crippen LogP contribution in [0.25, 0.3) is 0 Å². The molecule has 0 aromatic heterocycles. The molecule has 13 heteroatoms. The first-order valence-corrected chi connectivity index (χ1v) is 13.1. The lowest BCUT2D eigenvalue weighted by Gasteiger charge is -2.38. The van der Waals surface area contributed by atoms with Crippen molar-refractivity contribution in [1.82, 2.24) is 4.90 Å². The Labute approximate surface area is 237 Å². The van der Waals surface area contributed by atoms with Crippen LogP contribution < -0.4 is 10.1 Å². The summed E-state index contributed by atoms with van der Waals surface area (Å²) in [5.41, 5.74) is 1.71. The van der Waals surface area contributed by atoms with Crippen LogP contribution >= 0.6 is 0 Å². The second-order valence-corrected chi connectivity index (χ2v) is 9.57. The molecule has 2 aromatic carbocycles. The van der Waals surface area contributed by atoms with Crippen LogP contribution in [0.1, 0.15) is 31.9 Å². The van der Waals surface area contributed by atoms with Gasteiger partial charge in [0.2, 0.25) is 12.2 Å². The number of aliphatic hydroxyl groups excluding tert-OH is 3. The van der Waals surface area contributed by atoms with Gasteiger partial charge >= 0.3 is 12.1 Å². The molecule has 2 amide bonds. The maximum absolute atomic E-state index is 12.7.